The molecule has 1 aromatic carbocycles. The van der Waals surface area contributed by atoms with Crippen LogP contribution in [0.2, 0.25) is 0 Å². The Labute approximate surface area is 123 Å². The highest BCUT2D eigenvalue weighted by molar-refractivity contribution is 6.05. The fraction of sp³-hybridized carbons (Fsp3) is 0.375. The van der Waals surface area contributed by atoms with Gasteiger partial charge in [-0.15, -0.1) is 0 Å². The van der Waals surface area contributed by atoms with Crippen LogP contribution in [0.3, 0.4) is 0 Å². The van der Waals surface area contributed by atoms with Gasteiger partial charge in [-0.3, -0.25) is 0 Å². The van der Waals surface area contributed by atoms with Crippen molar-refractivity contribution < 1.29 is 4.42 Å². The Bertz CT molecular complexity index is 795. The van der Waals surface area contributed by atoms with E-state index in [1.54, 1.807) is 6.33 Å². The molecule has 5 nitrogen and oxygen atoms in total. The van der Waals surface area contributed by atoms with Crippen molar-refractivity contribution in [3.63, 3.8) is 0 Å². The number of likely N-dealkylation sites (N-methyl/N-ethyl adjacent to an activating group) is 1. The Hall–Kier alpha value is -2.14. The molecule has 0 bridgehead atoms. The number of fused-ring (bicyclic) bond motifs is 3. The molecule has 1 atom stereocenters. The molecule has 0 unspecified atom stereocenters. The van der Waals surface area contributed by atoms with Crippen LogP contribution in [0.25, 0.3) is 22.1 Å². The summed E-state index contributed by atoms with van der Waals surface area (Å²) in [6.07, 6.45) is 2.79. The molecule has 1 aliphatic heterocycles. The van der Waals surface area contributed by atoms with Crippen molar-refractivity contribution in [1.82, 2.24) is 14.9 Å². The van der Waals surface area contributed by atoms with E-state index in [0.29, 0.717) is 6.04 Å². The van der Waals surface area contributed by atoms with Gasteiger partial charge in [0.25, 0.3) is 0 Å². The third-order valence-electron chi connectivity index (χ3n) is 4.33. The zero-order chi connectivity index (χ0) is 14.4. The average molecular weight is 282 g/mol. The quantitative estimate of drug-likeness (QED) is 0.722. The van der Waals surface area contributed by atoms with E-state index in [1.807, 2.05) is 24.3 Å². The van der Waals surface area contributed by atoms with Gasteiger partial charge < -0.3 is 14.2 Å². The first-order valence-electron chi connectivity index (χ1n) is 7.27. The summed E-state index contributed by atoms with van der Waals surface area (Å²) in [7, 11) is 4.26. The number of furan rings is 1. The first-order valence-corrected chi connectivity index (χ1v) is 7.27. The third-order valence-corrected chi connectivity index (χ3v) is 4.33. The van der Waals surface area contributed by atoms with Gasteiger partial charge in [0, 0.05) is 24.5 Å². The van der Waals surface area contributed by atoms with E-state index in [0.717, 1.165) is 47.4 Å². The molecule has 5 heteroatoms. The lowest BCUT2D eigenvalue weighted by Crippen LogP contribution is -2.31. The van der Waals surface area contributed by atoms with Gasteiger partial charge in [-0.2, -0.15) is 0 Å². The zero-order valence-electron chi connectivity index (χ0n) is 12.3. The molecule has 3 aromatic rings. The van der Waals surface area contributed by atoms with E-state index in [-0.39, 0.29) is 0 Å². The van der Waals surface area contributed by atoms with Crippen molar-refractivity contribution in [2.45, 2.75) is 12.5 Å². The Morgan fingerprint density at radius 1 is 1.24 bits per heavy atom. The van der Waals surface area contributed by atoms with Crippen LogP contribution < -0.4 is 4.90 Å². The molecule has 0 radical (unpaired) electrons. The van der Waals surface area contributed by atoms with E-state index >= 15 is 0 Å². The number of aromatic nitrogens is 2. The van der Waals surface area contributed by atoms with E-state index in [4.69, 9.17) is 4.42 Å². The van der Waals surface area contributed by atoms with Crippen LogP contribution >= 0.6 is 0 Å². The summed E-state index contributed by atoms with van der Waals surface area (Å²) in [6, 6.07) is 8.59. The molecule has 4 rings (SSSR count). The highest BCUT2D eigenvalue weighted by atomic mass is 16.3. The van der Waals surface area contributed by atoms with Crippen molar-refractivity contribution in [2.24, 2.45) is 0 Å². The highest BCUT2D eigenvalue weighted by Gasteiger charge is 2.27. The Balaban J connectivity index is 1.82. The summed E-state index contributed by atoms with van der Waals surface area (Å²) in [5.41, 5.74) is 2.58. The Morgan fingerprint density at radius 2 is 2.10 bits per heavy atom. The van der Waals surface area contributed by atoms with E-state index < -0.39 is 0 Å². The average Bonchev–Trinajstić information content (AvgIpc) is 3.11. The minimum absolute atomic E-state index is 0.569. The summed E-state index contributed by atoms with van der Waals surface area (Å²) in [6.45, 7) is 1.99. The number of benzene rings is 1. The molecule has 0 saturated carbocycles. The monoisotopic (exact) mass is 282 g/mol. The second kappa shape index (κ2) is 4.70. The van der Waals surface area contributed by atoms with E-state index in [1.165, 1.54) is 0 Å². The molecule has 2 aromatic heterocycles. The zero-order valence-corrected chi connectivity index (χ0v) is 12.3. The van der Waals surface area contributed by atoms with Crippen LogP contribution in [0, 0.1) is 0 Å². The summed E-state index contributed by atoms with van der Waals surface area (Å²) < 4.78 is 6.01. The molecule has 3 heterocycles. The van der Waals surface area contributed by atoms with Gasteiger partial charge in [0.1, 0.15) is 17.4 Å². The van der Waals surface area contributed by atoms with Crippen LogP contribution in [0.4, 0.5) is 5.82 Å². The third kappa shape index (κ3) is 1.96. The van der Waals surface area contributed by atoms with Crippen LogP contribution in [-0.2, 0) is 0 Å². The van der Waals surface area contributed by atoms with Crippen molar-refractivity contribution in [2.75, 3.05) is 32.1 Å². The maximum atomic E-state index is 6.01. The number of nitrogens with zero attached hydrogens (tertiary/aromatic N) is 4. The van der Waals surface area contributed by atoms with Crippen molar-refractivity contribution in [3.05, 3.63) is 30.6 Å². The van der Waals surface area contributed by atoms with Crippen LogP contribution in [-0.4, -0.2) is 48.1 Å². The molecular formula is C16H18N4O. The number of hydrogen-bond donors (Lipinski definition) is 0. The second-order valence-electron chi connectivity index (χ2n) is 5.83. The van der Waals surface area contributed by atoms with Gasteiger partial charge in [0.05, 0.1) is 0 Å². The van der Waals surface area contributed by atoms with Gasteiger partial charge >= 0.3 is 0 Å². The molecule has 1 aliphatic rings. The molecule has 1 fully saturated rings. The summed E-state index contributed by atoms with van der Waals surface area (Å²) in [4.78, 5) is 13.5. The lowest BCUT2D eigenvalue weighted by Gasteiger charge is -2.20. The normalized spacial score (nSPS) is 19.2. The van der Waals surface area contributed by atoms with Gasteiger partial charge in [0.2, 0.25) is 0 Å². The molecule has 1 saturated heterocycles. The molecule has 0 N–H and O–H groups in total. The van der Waals surface area contributed by atoms with Crippen LogP contribution in [0.1, 0.15) is 6.42 Å². The van der Waals surface area contributed by atoms with Gasteiger partial charge in [-0.1, -0.05) is 12.1 Å². The Kier molecular flexibility index (Phi) is 2.82. The lowest BCUT2D eigenvalue weighted by atomic mass is 10.2. The maximum Gasteiger partial charge on any atom is 0.196 e. The summed E-state index contributed by atoms with van der Waals surface area (Å²) in [5.74, 6) is 0.917. The number of anilines is 1. The fourth-order valence-electron chi connectivity index (χ4n) is 3.09. The minimum atomic E-state index is 0.569. The highest BCUT2D eigenvalue weighted by Crippen LogP contribution is 2.33. The maximum absolute atomic E-state index is 6.01. The van der Waals surface area contributed by atoms with Crippen molar-refractivity contribution in [1.29, 1.82) is 0 Å². The first-order chi connectivity index (χ1) is 10.2. The van der Waals surface area contributed by atoms with Crippen LogP contribution in [0.15, 0.2) is 35.0 Å². The van der Waals surface area contributed by atoms with E-state index in [2.05, 4.69) is 33.9 Å². The molecular weight excluding hydrogens is 264 g/mol. The largest absolute Gasteiger partial charge is 0.450 e. The molecule has 108 valence electrons. The van der Waals surface area contributed by atoms with Crippen molar-refractivity contribution >= 4 is 27.9 Å². The SMILES string of the molecule is CN(C)[C@@H]1CCN(c2ncnc3c2oc2ccccc23)C1. The van der Waals surface area contributed by atoms with Gasteiger partial charge in [-0.05, 0) is 32.6 Å². The number of hydrogen-bond acceptors (Lipinski definition) is 5. The summed E-state index contributed by atoms with van der Waals surface area (Å²) in [5, 5.41) is 1.06. The predicted octanol–water partition coefficient (Wildman–Crippen LogP) is 2.52. The summed E-state index contributed by atoms with van der Waals surface area (Å²) >= 11 is 0. The second-order valence-corrected chi connectivity index (χ2v) is 5.83. The number of para-hydroxylation sites is 1. The minimum Gasteiger partial charge on any atom is -0.450 e. The topological polar surface area (TPSA) is 45.4 Å². The van der Waals surface area contributed by atoms with Crippen molar-refractivity contribution in [3.8, 4) is 0 Å². The molecule has 0 spiro atoms. The molecule has 0 aliphatic carbocycles. The van der Waals surface area contributed by atoms with Crippen LogP contribution in [0.5, 0.6) is 0 Å². The number of rotatable bonds is 2. The van der Waals surface area contributed by atoms with Gasteiger partial charge in [-0.25, -0.2) is 9.97 Å². The molecule has 0 amide bonds. The standard InChI is InChI=1S/C16H18N4O/c1-19(2)11-7-8-20(9-11)16-15-14(17-10-18-16)12-5-3-4-6-13(12)21-15/h3-6,10-11H,7-9H2,1-2H3/t11-/m1/s1. The molecule has 21 heavy (non-hydrogen) atoms. The predicted molar refractivity (Wildman–Crippen MR) is 83.6 cm³/mol. The fourth-order valence-corrected chi connectivity index (χ4v) is 3.09. The van der Waals surface area contributed by atoms with Gasteiger partial charge in [0.15, 0.2) is 11.4 Å². The first kappa shape index (κ1) is 12.6. The Morgan fingerprint density at radius 3 is 2.90 bits per heavy atom. The van der Waals surface area contributed by atoms with E-state index in [9.17, 15) is 0 Å². The smallest absolute Gasteiger partial charge is 0.196 e. The lowest BCUT2D eigenvalue weighted by molar-refractivity contribution is 0.315.